The molecule has 0 saturated carbocycles. The van der Waals surface area contributed by atoms with E-state index in [0.29, 0.717) is 11.7 Å². The van der Waals surface area contributed by atoms with Crippen LogP contribution in [-0.4, -0.2) is 21.9 Å². The van der Waals surface area contributed by atoms with Crippen molar-refractivity contribution in [3.05, 3.63) is 60.2 Å². The van der Waals surface area contributed by atoms with Crippen molar-refractivity contribution in [1.82, 2.24) is 15.5 Å². The molecular formula is C19H18N4O3S2. The Morgan fingerprint density at radius 1 is 1.25 bits per heavy atom. The van der Waals surface area contributed by atoms with E-state index in [1.807, 2.05) is 49.4 Å². The summed E-state index contributed by atoms with van der Waals surface area (Å²) in [5, 5.41) is 16.0. The molecule has 28 heavy (non-hydrogen) atoms. The molecule has 144 valence electrons. The molecule has 1 aromatic carbocycles. The van der Waals surface area contributed by atoms with Crippen molar-refractivity contribution in [3.63, 3.8) is 0 Å². The van der Waals surface area contributed by atoms with Crippen molar-refractivity contribution in [2.24, 2.45) is 0 Å². The van der Waals surface area contributed by atoms with Crippen LogP contribution in [0, 0.1) is 0 Å². The molecule has 0 saturated heterocycles. The maximum atomic E-state index is 12.3. The molecule has 0 bridgehead atoms. The van der Waals surface area contributed by atoms with Gasteiger partial charge in [-0.25, -0.2) is 0 Å². The van der Waals surface area contributed by atoms with Crippen LogP contribution in [0.25, 0.3) is 11.0 Å². The van der Waals surface area contributed by atoms with E-state index < -0.39 is 0 Å². The van der Waals surface area contributed by atoms with E-state index in [2.05, 4.69) is 20.8 Å². The fourth-order valence-corrected chi connectivity index (χ4v) is 4.17. The Balaban J connectivity index is 1.26. The summed E-state index contributed by atoms with van der Waals surface area (Å²) in [4.78, 5) is 12.3. The largest absolute Gasteiger partial charge is 0.467 e. The highest BCUT2D eigenvalue weighted by atomic mass is 32.2. The summed E-state index contributed by atoms with van der Waals surface area (Å²) in [5.74, 6) is 1.73. The minimum atomic E-state index is -0.208. The van der Waals surface area contributed by atoms with Crippen LogP contribution in [-0.2, 0) is 11.3 Å². The van der Waals surface area contributed by atoms with Crippen LogP contribution in [0.5, 0.6) is 0 Å². The molecule has 4 aromatic rings. The van der Waals surface area contributed by atoms with Crippen LogP contribution in [0.1, 0.15) is 24.5 Å². The zero-order valence-corrected chi connectivity index (χ0v) is 16.7. The third kappa shape index (κ3) is 4.55. The van der Waals surface area contributed by atoms with Crippen molar-refractivity contribution in [3.8, 4) is 0 Å². The second-order valence-electron chi connectivity index (χ2n) is 6.07. The van der Waals surface area contributed by atoms with E-state index in [-0.39, 0.29) is 17.7 Å². The van der Waals surface area contributed by atoms with E-state index in [9.17, 15) is 4.79 Å². The summed E-state index contributed by atoms with van der Waals surface area (Å²) in [6.07, 6.45) is 1.63. The number of carbonyl (C=O) groups is 1. The molecule has 0 fully saturated rings. The Labute approximate surface area is 169 Å². The molecule has 0 aliphatic carbocycles. The van der Waals surface area contributed by atoms with Crippen LogP contribution in [0.3, 0.4) is 0 Å². The second kappa shape index (κ2) is 8.49. The number of fused-ring (bicyclic) bond motifs is 1. The molecule has 1 atom stereocenters. The van der Waals surface area contributed by atoms with Gasteiger partial charge in [-0.3, -0.25) is 4.79 Å². The van der Waals surface area contributed by atoms with E-state index in [1.165, 1.54) is 23.1 Å². The third-order valence-electron chi connectivity index (χ3n) is 3.98. The van der Waals surface area contributed by atoms with Crippen LogP contribution < -0.4 is 10.6 Å². The summed E-state index contributed by atoms with van der Waals surface area (Å²) >= 11 is 2.76. The maximum absolute atomic E-state index is 12.3. The van der Waals surface area contributed by atoms with Gasteiger partial charge in [-0.2, -0.15) is 0 Å². The smallest absolute Gasteiger partial charge is 0.231 e. The van der Waals surface area contributed by atoms with E-state index in [1.54, 1.807) is 6.26 Å². The number of nitrogens with one attached hydrogen (secondary N) is 2. The van der Waals surface area contributed by atoms with Crippen LogP contribution in [0.4, 0.5) is 5.13 Å². The first-order chi connectivity index (χ1) is 13.7. The molecule has 0 aliphatic heterocycles. The molecule has 0 aliphatic rings. The number of nitrogens with zero attached hydrogens (tertiary/aromatic N) is 2. The molecule has 4 rings (SSSR count). The summed E-state index contributed by atoms with van der Waals surface area (Å²) in [6, 6.07) is 13.3. The quantitative estimate of drug-likeness (QED) is 0.411. The van der Waals surface area contributed by atoms with Crippen LogP contribution >= 0.6 is 23.1 Å². The van der Waals surface area contributed by atoms with Gasteiger partial charge in [0.2, 0.25) is 11.0 Å². The van der Waals surface area contributed by atoms with Crippen molar-refractivity contribution < 1.29 is 13.6 Å². The van der Waals surface area contributed by atoms with Gasteiger partial charge in [0.05, 0.1) is 24.6 Å². The Morgan fingerprint density at radius 3 is 2.96 bits per heavy atom. The number of benzene rings is 1. The summed E-state index contributed by atoms with van der Waals surface area (Å²) < 4.78 is 11.8. The lowest BCUT2D eigenvalue weighted by Gasteiger charge is -2.10. The van der Waals surface area contributed by atoms with Crippen LogP contribution in [0.2, 0.25) is 0 Å². The first-order valence-corrected chi connectivity index (χ1v) is 10.5. The molecule has 9 heteroatoms. The average molecular weight is 415 g/mol. The van der Waals surface area contributed by atoms with Crippen molar-refractivity contribution in [2.45, 2.75) is 23.8 Å². The number of thioether (sulfide) groups is 1. The Morgan fingerprint density at radius 2 is 2.14 bits per heavy atom. The first-order valence-electron chi connectivity index (χ1n) is 8.68. The van der Waals surface area contributed by atoms with Gasteiger partial charge in [0, 0.05) is 5.39 Å². The standard InChI is InChI=1S/C19H18N4O3S2/c1-12(16-9-13-5-2-3-7-15(13)26-16)21-17(24)11-27-19-23-22-18(28-19)20-10-14-6-4-8-25-14/h2-9,12H,10-11H2,1H3,(H,20,22)(H,21,24). The number of hydrogen-bond acceptors (Lipinski definition) is 8. The van der Waals surface area contributed by atoms with Crippen molar-refractivity contribution >= 4 is 45.1 Å². The monoisotopic (exact) mass is 414 g/mol. The number of aromatic nitrogens is 2. The number of rotatable bonds is 8. The molecule has 3 heterocycles. The number of amides is 1. The number of furan rings is 2. The number of para-hydroxylation sites is 1. The summed E-state index contributed by atoms with van der Waals surface area (Å²) in [6.45, 7) is 2.45. The lowest BCUT2D eigenvalue weighted by Crippen LogP contribution is -2.27. The van der Waals surface area contributed by atoms with Crippen molar-refractivity contribution in [1.29, 1.82) is 0 Å². The number of hydrogen-bond donors (Lipinski definition) is 2. The van der Waals surface area contributed by atoms with Gasteiger partial charge in [0.25, 0.3) is 0 Å². The van der Waals surface area contributed by atoms with Gasteiger partial charge in [0.15, 0.2) is 4.34 Å². The minimum absolute atomic E-state index is 0.0850. The SMILES string of the molecule is CC(NC(=O)CSc1nnc(NCc2ccco2)s1)c1cc2ccccc2o1. The molecule has 0 spiro atoms. The molecule has 1 amide bonds. The minimum Gasteiger partial charge on any atom is -0.467 e. The number of carbonyl (C=O) groups excluding carboxylic acids is 1. The molecule has 0 radical (unpaired) electrons. The van der Waals surface area contributed by atoms with E-state index >= 15 is 0 Å². The van der Waals surface area contributed by atoms with E-state index in [0.717, 1.165) is 26.8 Å². The van der Waals surface area contributed by atoms with Gasteiger partial charge in [-0.1, -0.05) is 41.3 Å². The Kier molecular flexibility index (Phi) is 5.63. The summed E-state index contributed by atoms with van der Waals surface area (Å²) in [7, 11) is 0. The topological polar surface area (TPSA) is 93.2 Å². The molecule has 3 aromatic heterocycles. The highest BCUT2D eigenvalue weighted by Crippen LogP contribution is 2.27. The number of anilines is 1. The van der Waals surface area contributed by atoms with E-state index in [4.69, 9.17) is 8.83 Å². The van der Waals surface area contributed by atoms with Crippen LogP contribution in [0.15, 0.2) is 61.9 Å². The highest BCUT2D eigenvalue weighted by Gasteiger charge is 2.15. The Hall–Kier alpha value is -2.78. The molecular weight excluding hydrogens is 396 g/mol. The predicted molar refractivity (Wildman–Crippen MR) is 109 cm³/mol. The molecule has 7 nitrogen and oxygen atoms in total. The highest BCUT2D eigenvalue weighted by molar-refractivity contribution is 8.01. The maximum Gasteiger partial charge on any atom is 0.231 e. The average Bonchev–Trinajstić information content (AvgIpc) is 3.45. The second-order valence-corrected chi connectivity index (χ2v) is 8.27. The van der Waals surface area contributed by atoms with Gasteiger partial charge in [0.1, 0.15) is 17.1 Å². The van der Waals surface area contributed by atoms with Gasteiger partial charge < -0.3 is 19.5 Å². The normalized spacial score (nSPS) is 12.2. The Bertz CT molecular complexity index is 1030. The third-order valence-corrected chi connectivity index (χ3v) is 5.99. The first kappa shape index (κ1) is 18.6. The fourth-order valence-electron chi connectivity index (χ4n) is 2.61. The predicted octanol–water partition coefficient (Wildman–Crippen LogP) is 4.46. The van der Waals surface area contributed by atoms with Gasteiger partial charge >= 0.3 is 0 Å². The molecule has 1 unspecified atom stereocenters. The van der Waals surface area contributed by atoms with Gasteiger partial charge in [-0.05, 0) is 31.2 Å². The van der Waals surface area contributed by atoms with Crippen molar-refractivity contribution in [2.75, 3.05) is 11.1 Å². The van der Waals surface area contributed by atoms with Gasteiger partial charge in [-0.15, -0.1) is 10.2 Å². The lowest BCUT2D eigenvalue weighted by molar-refractivity contribution is -0.119. The fraction of sp³-hybridized carbons (Fsp3) is 0.211. The molecule has 2 N–H and O–H groups in total. The lowest BCUT2D eigenvalue weighted by atomic mass is 10.2. The zero-order valence-electron chi connectivity index (χ0n) is 15.0. The zero-order chi connectivity index (χ0) is 19.3. The summed E-state index contributed by atoms with van der Waals surface area (Å²) in [5.41, 5.74) is 0.816.